The Balaban J connectivity index is 1.94. The van der Waals surface area contributed by atoms with Crippen molar-refractivity contribution in [2.24, 2.45) is 0 Å². The molecule has 4 nitrogen and oxygen atoms in total. The Morgan fingerprint density at radius 2 is 2.25 bits per heavy atom. The zero-order valence-electron chi connectivity index (χ0n) is 6.83. The summed E-state index contributed by atoms with van der Waals surface area (Å²) >= 11 is 0. The van der Waals surface area contributed by atoms with Crippen molar-refractivity contribution in [2.75, 3.05) is 18.4 Å². The maximum Gasteiger partial charge on any atom is 0.222 e. The van der Waals surface area contributed by atoms with Crippen LogP contribution in [0.5, 0.6) is 0 Å². The normalized spacial score (nSPS) is 22.5. The van der Waals surface area contributed by atoms with Crippen LogP contribution in [0.1, 0.15) is 6.42 Å². The van der Waals surface area contributed by atoms with Crippen LogP contribution >= 0.6 is 0 Å². The smallest absolute Gasteiger partial charge is 0.222 e. The number of hydrogen-bond acceptors (Lipinski definition) is 4. The number of anilines is 1. The molecule has 0 aliphatic carbocycles. The lowest BCUT2D eigenvalue weighted by atomic mass is 10.3. The first-order chi connectivity index (χ1) is 5.95. The zero-order valence-corrected chi connectivity index (χ0v) is 6.83. The van der Waals surface area contributed by atoms with Gasteiger partial charge in [0.1, 0.15) is 0 Å². The second-order valence-corrected chi connectivity index (χ2v) is 2.91. The van der Waals surface area contributed by atoms with Crippen molar-refractivity contribution in [1.29, 1.82) is 0 Å². The van der Waals surface area contributed by atoms with Gasteiger partial charge in [-0.1, -0.05) is 0 Å². The lowest BCUT2D eigenvalue weighted by molar-refractivity contribution is 0.780. The SMILES string of the molecule is c1cnc(N[C@@H]2CCNC2)nc1. The van der Waals surface area contributed by atoms with E-state index in [-0.39, 0.29) is 0 Å². The highest BCUT2D eigenvalue weighted by molar-refractivity contribution is 5.24. The van der Waals surface area contributed by atoms with E-state index in [0.29, 0.717) is 6.04 Å². The molecule has 1 atom stereocenters. The molecule has 0 spiro atoms. The van der Waals surface area contributed by atoms with Crippen LogP contribution in [0.2, 0.25) is 0 Å². The molecule has 0 unspecified atom stereocenters. The van der Waals surface area contributed by atoms with E-state index in [1.807, 2.05) is 6.07 Å². The minimum Gasteiger partial charge on any atom is -0.350 e. The van der Waals surface area contributed by atoms with E-state index in [2.05, 4.69) is 20.6 Å². The molecule has 1 aromatic rings. The maximum absolute atomic E-state index is 4.09. The van der Waals surface area contributed by atoms with Crippen LogP contribution in [0, 0.1) is 0 Å². The van der Waals surface area contributed by atoms with Crippen molar-refractivity contribution in [3.05, 3.63) is 18.5 Å². The Kier molecular flexibility index (Phi) is 2.18. The summed E-state index contributed by atoms with van der Waals surface area (Å²) in [6.45, 7) is 2.10. The van der Waals surface area contributed by atoms with Crippen molar-refractivity contribution in [1.82, 2.24) is 15.3 Å². The van der Waals surface area contributed by atoms with Gasteiger partial charge in [0, 0.05) is 25.0 Å². The number of nitrogens with one attached hydrogen (secondary N) is 2. The molecule has 1 aromatic heterocycles. The van der Waals surface area contributed by atoms with Gasteiger partial charge in [0.15, 0.2) is 0 Å². The molecule has 0 radical (unpaired) electrons. The second-order valence-electron chi connectivity index (χ2n) is 2.91. The van der Waals surface area contributed by atoms with Crippen molar-refractivity contribution in [2.45, 2.75) is 12.5 Å². The van der Waals surface area contributed by atoms with Crippen LogP contribution in [0.25, 0.3) is 0 Å². The molecule has 0 aromatic carbocycles. The van der Waals surface area contributed by atoms with Crippen LogP contribution in [0.3, 0.4) is 0 Å². The molecule has 0 amide bonds. The Morgan fingerprint density at radius 1 is 1.42 bits per heavy atom. The average Bonchev–Trinajstić information content (AvgIpc) is 2.59. The van der Waals surface area contributed by atoms with E-state index in [1.54, 1.807) is 12.4 Å². The molecule has 64 valence electrons. The summed E-state index contributed by atoms with van der Waals surface area (Å²) < 4.78 is 0. The highest BCUT2D eigenvalue weighted by Gasteiger charge is 2.14. The summed E-state index contributed by atoms with van der Waals surface area (Å²) in [4.78, 5) is 8.18. The minimum atomic E-state index is 0.493. The summed E-state index contributed by atoms with van der Waals surface area (Å²) in [5.74, 6) is 0.728. The van der Waals surface area contributed by atoms with Gasteiger partial charge in [-0.15, -0.1) is 0 Å². The largest absolute Gasteiger partial charge is 0.350 e. The molecule has 2 N–H and O–H groups in total. The van der Waals surface area contributed by atoms with Gasteiger partial charge in [0.2, 0.25) is 5.95 Å². The molecule has 1 saturated heterocycles. The van der Waals surface area contributed by atoms with E-state index in [0.717, 1.165) is 25.5 Å². The third-order valence-electron chi connectivity index (χ3n) is 1.96. The molecular weight excluding hydrogens is 152 g/mol. The highest BCUT2D eigenvalue weighted by atomic mass is 15.1. The van der Waals surface area contributed by atoms with Crippen molar-refractivity contribution >= 4 is 5.95 Å². The fourth-order valence-corrected chi connectivity index (χ4v) is 1.33. The van der Waals surface area contributed by atoms with Gasteiger partial charge in [-0.05, 0) is 19.0 Å². The van der Waals surface area contributed by atoms with Crippen LogP contribution < -0.4 is 10.6 Å². The first-order valence-corrected chi connectivity index (χ1v) is 4.19. The highest BCUT2D eigenvalue weighted by Crippen LogP contribution is 2.04. The molecule has 2 heterocycles. The van der Waals surface area contributed by atoms with Gasteiger partial charge in [0.25, 0.3) is 0 Å². The number of aromatic nitrogens is 2. The lowest BCUT2D eigenvalue weighted by Gasteiger charge is -2.09. The zero-order chi connectivity index (χ0) is 8.23. The fourth-order valence-electron chi connectivity index (χ4n) is 1.33. The average molecular weight is 164 g/mol. The van der Waals surface area contributed by atoms with Gasteiger partial charge < -0.3 is 10.6 Å². The minimum absolute atomic E-state index is 0.493. The van der Waals surface area contributed by atoms with Gasteiger partial charge in [-0.3, -0.25) is 0 Å². The molecule has 0 saturated carbocycles. The number of rotatable bonds is 2. The van der Waals surface area contributed by atoms with Crippen molar-refractivity contribution in [3.63, 3.8) is 0 Å². The summed E-state index contributed by atoms with van der Waals surface area (Å²) in [6.07, 6.45) is 4.65. The number of nitrogens with zero attached hydrogens (tertiary/aromatic N) is 2. The van der Waals surface area contributed by atoms with Crippen LogP contribution in [-0.2, 0) is 0 Å². The summed E-state index contributed by atoms with van der Waals surface area (Å²) in [5.41, 5.74) is 0. The predicted octanol–water partition coefficient (Wildman–Crippen LogP) is 0.250. The Bertz CT molecular complexity index is 230. The lowest BCUT2D eigenvalue weighted by Crippen LogP contribution is -2.23. The Hall–Kier alpha value is -1.16. The monoisotopic (exact) mass is 164 g/mol. The molecular formula is C8H12N4. The van der Waals surface area contributed by atoms with Crippen molar-refractivity contribution < 1.29 is 0 Å². The fraction of sp³-hybridized carbons (Fsp3) is 0.500. The van der Waals surface area contributed by atoms with Gasteiger partial charge in [0.05, 0.1) is 0 Å². The first-order valence-electron chi connectivity index (χ1n) is 4.19. The van der Waals surface area contributed by atoms with E-state index in [4.69, 9.17) is 0 Å². The molecule has 2 rings (SSSR count). The van der Waals surface area contributed by atoms with Crippen molar-refractivity contribution in [3.8, 4) is 0 Å². The number of hydrogen-bond donors (Lipinski definition) is 2. The topological polar surface area (TPSA) is 49.8 Å². The molecule has 1 fully saturated rings. The Labute approximate surface area is 71.4 Å². The van der Waals surface area contributed by atoms with Gasteiger partial charge in [-0.2, -0.15) is 0 Å². The first kappa shape index (κ1) is 7.49. The third-order valence-corrected chi connectivity index (χ3v) is 1.96. The quantitative estimate of drug-likeness (QED) is 0.658. The van der Waals surface area contributed by atoms with E-state index in [1.165, 1.54) is 0 Å². The Morgan fingerprint density at radius 3 is 2.92 bits per heavy atom. The summed E-state index contributed by atoms with van der Waals surface area (Å²) in [6, 6.07) is 2.31. The molecule has 1 aliphatic heterocycles. The molecule has 12 heavy (non-hydrogen) atoms. The van der Waals surface area contributed by atoms with Crippen LogP contribution in [0.4, 0.5) is 5.95 Å². The maximum atomic E-state index is 4.09. The molecule has 0 bridgehead atoms. The van der Waals surface area contributed by atoms with E-state index in [9.17, 15) is 0 Å². The summed E-state index contributed by atoms with van der Waals surface area (Å²) in [5, 5.41) is 6.53. The van der Waals surface area contributed by atoms with Gasteiger partial charge >= 0.3 is 0 Å². The standard InChI is InChI=1S/C8H12N4/c1-3-10-8(11-4-1)12-7-2-5-9-6-7/h1,3-4,7,9H,2,5-6H2,(H,10,11,12)/t7-/m1/s1. The molecule has 4 heteroatoms. The molecule has 1 aliphatic rings. The van der Waals surface area contributed by atoms with Gasteiger partial charge in [-0.25, -0.2) is 9.97 Å². The second kappa shape index (κ2) is 3.49. The summed E-state index contributed by atoms with van der Waals surface area (Å²) in [7, 11) is 0. The van der Waals surface area contributed by atoms with E-state index < -0.39 is 0 Å². The van der Waals surface area contributed by atoms with E-state index >= 15 is 0 Å². The predicted molar refractivity (Wildman–Crippen MR) is 46.9 cm³/mol. The van der Waals surface area contributed by atoms with Crippen LogP contribution in [-0.4, -0.2) is 29.1 Å². The van der Waals surface area contributed by atoms with Crippen LogP contribution in [0.15, 0.2) is 18.5 Å². The third kappa shape index (κ3) is 1.71.